The lowest BCUT2D eigenvalue weighted by atomic mass is 10.1. The van der Waals surface area contributed by atoms with Crippen molar-refractivity contribution in [3.63, 3.8) is 0 Å². The molecule has 66 valence electrons. The van der Waals surface area contributed by atoms with Crippen molar-refractivity contribution in [1.82, 2.24) is 0 Å². The molecular formula is C8H9BrO3. The first-order valence-corrected chi connectivity index (χ1v) is 4.35. The predicted molar refractivity (Wildman–Crippen MR) is 46.9 cm³/mol. The topological polar surface area (TPSA) is 50.4 Å². The van der Waals surface area contributed by atoms with Gasteiger partial charge in [-0.25, -0.2) is 0 Å². The van der Waals surface area contributed by atoms with E-state index >= 15 is 0 Å². The van der Waals surface area contributed by atoms with Crippen LogP contribution in [0.2, 0.25) is 0 Å². The predicted octanol–water partition coefficient (Wildman–Crippen LogP) is 2.31. The van der Waals surface area contributed by atoms with Crippen LogP contribution in [0.15, 0.2) is 21.2 Å². The number of carboxylic acids is 1. The van der Waals surface area contributed by atoms with Gasteiger partial charge < -0.3 is 9.52 Å². The smallest absolute Gasteiger partial charge is 0.306 e. The molecule has 1 heterocycles. The second-order valence-corrected chi connectivity index (χ2v) is 3.49. The normalized spacial score (nSPS) is 12.8. The van der Waals surface area contributed by atoms with E-state index in [1.165, 1.54) is 6.26 Å². The van der Waals surface area contributed by atoms with Crippen LogP contribution in [-0.4, -0.2) is 11.1 Å². The van der Waals surface area contributed by atoms with Gasteiger partial charge in [-0.05, 0) is 22.0 Å². The van der Waals surface area contributed by atoms with Crippen molar-refractivity contribution < 1.29 is 14.3 Å². The lowest BCUT2D eigenvalue weighted by Gasteiger charge is -2.02. The number of halogens is 1. The van der Waals surface area contributed by atoms with Gasteiger partial charge in [-0.15, -0.1) is 0 Å². The van der Waals surface area contributed by atoms with Gasteiger partial charge in [0.2, 0.25) is 0 Å². The fourth-order valence-electron chi connectivity index (χ4n) is 0.836. The van der Waals surface area contributed by atoms with Crippen molar-refractivity contribution in [2.24, 2.45) is 5.92 Å². The lowest BCUT2D eigenvalue weighted by Crippen LogP contribution is -2.11. The number of carbonyl (C=O) groups is 1. The van der Waals surface area contributed by atoms with Gasteiger partial charge in [0.1, 0.15) is 5.76 Å². The molecule has 0 amide bonds. The molecular weight excluding hydrogens is 224 g/mol. The molecule has 0 radical (unpaired) electrons. The number of aliphatic carboxylic acids is 1. The zero-order valence-electron chi connectivity index (χ0n) is 6.58. The molecule has 3 nitrogen and oxygen atoms in total. The van der Waals surface area contributed by atoms with E-state index in [4.69, 9.17) is 9.52 Å². The average Bonchev–Trinajstić information content (AvgIpc) is 2.36. The van der Waals surface area contributed by atoms with Crippen molar-refractivity contribution in [1.29, 1.82) is 0 Å². The SMILES string of the molecule is CC(Cc1occc1Br)C(=O)O. The summed E-state index contributed by atoms with van der Waals surface area (Å²) in [6.07, 6.45) is 1.96. The number of hydrogen-bond acceptors (Lipinski definition) is 2. The van der Waals surface area contributed by atoms with Gasteiger partial charge in [-0.3, -0.25) is 4.79 Å². The number of hydrogen-bond donors (Lipinski definition) is 1. The Labute approximate surface area is 78.5 Å². The Kier molecular flexibility index (Phi) is 2.92. The third kappa shape index (κ3) is 2.11. The molecule has 1 atom stereocenters. The van der Waals surface area contributed by atoms with E-state index in [1.807, 2.05) is 0 Å². The van der Waals surface area contributed by atoms with Gasteiger partial charge in [0.05, 0.1) is 16.7 Å². The highest BCUT2D eigenvalue weighted by molar-refractivity contribution is 9.10. The van der Waals surface area contributed by atoms with E-state index in [1.54, 1.807) is 13.0 Å². The maximum Gasteiger partial charge on any atom is 0.306 e. The summed E-state index contributed by atoms with van der Waals surface area (Å²) >= 11 is 3.26. The Bertz CT molecular complexity index is 280. The Hall–Kier alpha value is -0.770. The van der Waals surface area contributed by atoms with E-state index in [-0.39, 0.29) is 0 Å². The molecule has 0 aromatic carbocycles. The van der Waals surface area contributed by atoms with Gasteiger partial charge in [-0.2, -0.15) is 0 Å². The molecule has 0 saturated carbocycles. The Morgan fingerprint density at radius 3 is 2.92 bits per heavy atom. The first kappa shape index (κ1) is 9.32. The Balaban J connectivity index is 2.64. The molecule has 1 rings (SSSR count). The van der Waals surface area contributed by atoms with Gasteiger partial charge in [0, 0.05) is 6.42 Å². The van der Waals surface area contributed by atoms with Crippen LogP contribution < -0.4 is 0 Å². The summed E-state index contributed by atoms with van der Waals surface area (Å²) in [6, 6.07) is 1.75. The minimum Gasteiger partial charge on any atom is -0.481 e. The van der Waals surface area contributed by atoms with Gasteiger partial charge >= 0.3 is 5.97 Å². The van der Waals surface area contributed by atoms with Crippen LogP contribution in [0.4, 0.5) is 0 Å². The molecule has 0 fully saturated rings. The standard InChI is InChI=1S/C8H9BrO3/c1-5(8(10)11)4-7-6(9)2-3-12-7/h2-3,5H,4H2,1H3,(H,10,11). The molecule has 12 heavy (non-hydrogen) atoms. The van der Waals surface area contributed by atoms with Crippen molar-refractivity contribution in [2.45, 2.75) is 13.3 Å². The molecule has 0 aliphatic rings. The molecule has 0 spiro atoms. The van der Waals surface area contributed by atoms with E-state index in [0.29, 0.717) is 12.2 Å². The summed E-state index contributed by atoms with van der Waals surface area (Å²) in [5.74, 6) is -0.532. The van der Waals surface area contributed by atoms with Crippen LogP contribution in [0, 0.1) is 5.92 Å². The number of carboxylic acid groups (broad SMARTS) is 1. The van der Waals surface area contributed by atoms with E-state index in [2.05, 4.69) is 15.9 Å². The summed E-state index contributed by atoms with van der Waals surface area (Å²) in [5, 5.41) is 8.61. The molecule has 0 aliphatic carbocycles. The van der Waals surface area contributed by atoms with Crippen LogP contribution in [0.1, 0.15) is 12.7 Å². The van der Waals surface area contributed by atoms with E-state index in [0.717, 1.165) is 4.47 Å². The summed E-state index contributed by atoms with van der Waals surface area (Å²) in [5.41, 5.74) is 0. The van der Waals surface area contributed by atoms with Crippen LogP contribution in [-0.2, 0) is 11.2 Å². The van der Waals surface area contributed by atoms with Crippen LogP contribution in [0.3, 0.4) is 0 Å². The molecule has 0 bridgehead atoms. The fourth-order valence-corrected chi connectivity index (χ4v) is 1.20. The summed E-state index contributed by atoms with van der Waals surface area (Å²) in [4.78, 5) is 10.5. The van der Waals surface area contributed by atoms with Gasteiger partial charge in [-0.1, -0.05) is 6.92 Å². The van der Waals surface area contributed by atoms with Crippen molar-refractivity contribution >= 4 is 21.9 Å². The van der Waals surface area contributed by atoms with E-state index in [9.17, 15) is 4.79 Å². The molecule has 1 aromatic rings. The van der Waals surface area contributed by atoms with Crippen LogP contribution >= 0.6 is 15.9 Å². The second kappa shape index (κ2) is 3.76. The van der Waals surface area contributed by atoms with Crippen molar-refractivity contribution in [2.75, 3.05) is 0 Å². The molecule has 0 saturated heterocycles. The molecule has 1 aromatic heterocycles. The van der Waals surface area contributed by atoms with Crippen LogP contribution in [0.25, 0.3) is 0 Å². The highest BCUT2D eigenvalue weighted by atomic mass is 79.9. The third-order valence-electron chi connectivity index (χ3n) is 1.60. The summed E-state index contributed by atoms with van der Waals surface area (Å²) in [7, 11) is 0. The molecule has 1 N–H and O–H groups in total. The first-order valence-electron chi connectivity index (χ1n) is 3.56. The molecule has 1 unspecified atom stereocenters. The molecule has 4 heteroatoms. The highest BCUT2D eigenvalue weighted by Crippen LogP contribution is 2.20. The zero-order chi connectivity index (χ0) is 9.14. The Morgan fingerprint density at radius 2 is 2.50 bits per heavy atom. The average molecular weight is 233 g/mol. The maximum absolute atomic E-state index is 10.5. The minimum absolute atomic E-state index is 0.410. The monoisotopic (exact) mass is 232 g/mol. The van der Waals surface area contributed by atoms with Crippen molar-refractivity contribution in [3.05, 3.63) is 22.6 Å². The first-order chi connectivity index (χ1) is 5.61. The summed E-state index contributed by atoms with van der Waals surface area (Å²) < 4.78 is 5.90. The lowest BCUT2D eigenvalue weighted by molar-refractivity contribution is -0.141. The fraction of sp³-hybridized carbons (Fsp3) is 0.375. The maximum atomic E-state index is 10.5. The number of rotatable bonds is 3. The van der Waals surface area contributed by atoms with E-state index < -0.39 is 11.9 Å². The summed E-state index contributed by atoms with van der Waals surface area (Å²) in [6.45, 7) is 1.65. The second-order valence-electron chi connectivity index (χ2n) is 2.64. The largest absolute Gasteiger partial charge is 0.481 e. The van der Waals surface area contributed by atoms with Gasteiger partial charge in [0.25, 0.3) is 0 Å². The van der Waals surface area contributed by atoms with Gasteiger partial charge in [0.15, 0.2) is 0 Å². The quantitative estimate of drug-likeness (QED) is 0.871. The van der Waals surface area contributed by atoms with Crippen LogP contribution in [0.5, 0.6) is 0 Å². The van der Waals surface area contributed by atoms with Crippen molar-refractivity contribution in [3.8, 4) is 0 Å². The molecule has 0 aliphatic heterocycles. The highest BCUT2D eigenvalue weighted by Gasteiger charge is 2.15. The minimum atomic E-state index is -0.807. The zero-order valence-corrected chi connectivity index (χ0v) is 8.17. The third-order valence-corrected chi connectivity index (χ3v) is 2.31. The number of furan rings is 1. The Morgan fingerprint density at radius 1 is 1.83 bits per heavy atom.